The lowest BCUT2D eigenvalue weighted by Crippen LogP contribution is -2.14. The van der Waals surface area contributed by atoms with Gasteiger partial charge in [-0.3, -0.25) is 14.9 Å². The molecule has 0 fully saturated rings. The van der Waals surface area contributed by atoms with Gasteiger partial charge in [-0.2, -0.15) is 0 Å². The summed E-state index contributed by atoms with van der Waals surface area (Å²) in [6, 6.07) is 20.3. The van der Waals surface area contributed by atoms with Crippen LogP contribution in [0, 0.1) is 17.0 Å². The van der Waals surface area contributed by atoms with Gasteiger partial charge in [-0.25, -0.2) is 9.67 Å². The first-order valence-electron chi connectivity index (χ1n) is 9.27. The molecule has 1 amide bonds. The van der Waals surface area contributed by atoms with Crippen molar-refractivity contribution in [3.05, 3.63) is 99.3 Å². The van der Waals surface area contributed by atoms with Crippen molar-refractivity contribution in [2.24, 2.45) is 0 Å². The number of nitrogens with one attached hydrogen (secondary N) is 1. The van der Waals surface area contributed by atoms with E-state index < -0.39 is 10.8 Å². The number of aromatic nitrogens is 3. The molecule has 9 heteroatoms. The smallest absolute Gasteiger partial charge is 0.295 e. The molecule has 8 nitrogen and oxygen atoms in total. The largest absolute Gasteiger partial charge is 0.319 e. The van der Waals surface area contributed by atoms with Crippen LogP contribution >= 0.6 is 11.6 Å². The number of aryl methyl sites for hydroxylation is 1. The van der Waals surface area contributed by atoms with Gasteiger partial charge in [-0.1, -0.05) is 48.0 Å². The molecule has 0 aliphatic rings. The van der Waals surface area contributed by atoms with Gasteiger partial charge in [0, 0.05) is 28.4 Å². The molecule has 1 N–H and O–H groups in total. The number of benzene rings is 3. The third kappa shape index (κ3) is 4.29. The molecule has 0 radical (unpaired) electrons. The minimum atomic E-state index is -0.587. The summed E-state index contributed by atoms with van der Waals surface area (Å²) in [5.74, 6) is -0.221. The zero-order valence-electron chi connectivity index (χ0n) is 16.3. The predicted octanol–water partition coefficient (Wildman–Crippen LogP) is 5.06. The molecule has 0 saturated carbocycles. The van der Waals surface area contributed by atoms with Crippen LogP contribution in [0.2, 0.25) is 5.02 Å². The van der Waals surface area contributed by atoms with Crippen molar-refractivity contribution >= 4 is 28.9 Å². The van der Waals surface area contributed by atoms with Gasteiger partial charge in [-0.15, -0.1) is 5.10 Å². The quantitative estimate of drug-likeness (QED) is 0.350. The number of hydrogen-bond donors (Lipinski definition) is 1. The standard InChI is InChI=1S/C22H16ClN5O3/c1-14-6-2-3-11-19(14)27-21(15-7-4-8-16(23)12-15)25-20(26-27)22(29)24-17-9-5-10-18(13-17)28(30)31/h2-13H,1H3,(H,24,29). The molecule has 0 aliphatic carbocycles. The number of anilines is 1. The normalized spacial score (nSPS) is 10.6. The average Bonchev–Trinajstić information content (AvgIpc) is 3.20. The van der Waals surface area contributed by atoms with Crippen molar-refractivity contribution in [2.75, 3.05) is 5.32 Å². The van der Waals surface area contributed by atoms with E-state index in [-0.39, 0.29) is 17.2 Å². The summed E-state index contributed by atoms with van der Waals surface area (Å²) in [5.41, 5.74) is 2.55. The highest BCUT2D eigenvalue weighted by Gasteiger charge is 2.20. The second-order valence-electron chi connectivity index (χ2n) is 6.73. The predicted molar refractivity (Wildman–Crippen MR) is 118 cm³/mol. The number of rotatable bonds is 5. The zero-order valence-corrected chi connectivity index (χ0v) is 17.1. The highest BCUT2D eigenvalue weighted by molar-refractivity contribution is 6.30. The number of amides is 1. The van der Waals surface area contributed by atoms with Crippen molar-refractivity contribution in [2.45, 2.75) is 6.92 Å². The Morgan fingerprint density at radius 1 is 1.06 bits per heavy atom. The van der Waals surface area contributed by atoms with Crippen LogP contribution in [0.4, 0.5) is 11.4 Å². The van der Waals surface area contributed by atoms with E-state index in [0.717, 1.165) is 11.3 Å². The third-order valence-corrected chi connectivity index (χ3v) is 4.79. The molecule has 4 aromatic rings. The SMILES string of the molecule is Cc1ccccc1-n1nc(C(=O)Nc2cccc([N+](=O)[O-])c2)nc1-c1cccc(Cl)c1. The summed E-state index contributed by atoms with van der Waals surface area (Å²) in [7, 11) is 0. The van der Waals surface area contributed by atoms with E-state index in [2.05, 4.69) is 15.4 Å². The van der Waals surface area contributed by atoms with Gasteiger partial charge in [-0.05, 0) is 36.8 Å². The van der Waals surface area contributed by atoms with E-state index in [4.69, 9.17) is 11.6 Å². The van der Waals surface area contributed by atoms with E-state index in [1.54, 1.807) is 28.9 Å². The van der Waals surface area contributed by atoms with Gasteiger partial charge >= 0.3 is 0 Å². The Labute approximate surface area is 182 Å². The van der Waals surface area contributed by atoms with Gasteiger partial charge in [0.2, 0.25) is 5.82 Å². The molecular formula is C22H16ClN5O3. The van der Waals surface area contributed by atoms with E-state index in [1.165, 1.54) is 18.2 Å². The number of carbonyl (C=O) groups excluding carboxylic acids is 1. The Bertz CT molecular complexity index is 1300. The van der Waals surface area contributed by atoms with Crippen LogP contribution in [0.25, 0.3) is 17.1 Å². The number of hydrogen-bond acceptors (Lipinski definition) is 5. The fourth-order valence-corrected chi connectivity index (χ4v) is 3.27. The summed E-state index contributed by atoms with van der Waals surface area (Å²) >= 11 is 6.15. The molecule has 4 rings (SSSR count). The molecular weight excluding hydrogens is 418 g/mol. The fraction of sp³-hybridized carbons (Fsp3) is 0.0455. The highest BCUT2D eigenvalue weighted by atomic mass is 35.5. The molecule has 0 bridgehead atoms. The van der Waals surface area contributed by atoms with E-state index in [1.807, 2.05) is 37.3 Å². The van der Waals surface area contributed by atoms with Crippen LogP contribution < -0.4 is 5.32 Å². The number of halogens is 1. The number of non-ortho nitro benzene ring substituents is 1. The van der Waals surface area contributed by atoms with Crippen LogP contribution in [0.3, 0.4) is 0 Å². The maximum Gasteiger partial charge on any atom is 0.295 e. The highest BCUT2D eigenvalue weighted by Crippen LogP contribution is 2.26. The Balaban J connectivity index is 1.76. The van der Waals surface area contributed by atoms with Crippen LogP contribution in [0.5, 0.6) is 0 Å². The molecule has 0 unspecified atom stereocenters. The zero-order chi connectivity index (χ0) is 22.0. The second-order valence-corrected chi connectivity index (χ2v) is 7.17. The Morgan fingerprint density at radius 2 is 1.84 bits per heavy atom. The summed E-state index contributed by atoms with van der Waals surface area (Å²) < 4.78 is 1.59. The Morgan fingerprint density at radius 3 is 2.58 bits per heavy atom. The molecule has 31 heavy (non-hydrogen) atoms. The van der Waals surface area contributed by atoms with E-state index >= 15 is 0 Å². The molecule has 0 spiro atoms. The molecule has 3 aromatic carbocycles. The van der Waals surface area contributed by atoms with Crippen LogP contribution in [-0.2, 0) is 0 Å². The second kappa shape index (κ2) is 8.37. The first-order chi connectivity index (χ1) is 14.9. The summed E-state index contributed by atoms with van der Waals surface area (Å²) in [6.45, 7) is 1.93. The summed E-state index contributed by atoms with van der Waals surface area (Å²) in [4.78, 5) is 27.7. The van der Waals surface area contributed by atoms with Gasteiger partial charge in [0.15, 0.2) is 5.82 Å². The Kier molecular flexibility index (Phi) is 5.46. The number of nitro benzene ring substituents is 1. The number of nitro groups is 1. The van der Waals surface area contributed by atoms with Gasteiger partial charge in [0.1, 0.15) is 0 Å². The summed E-state index contributed by atoms with van der Waals surface area (Å²) in [6.07, 6.45) is 0. The van der Waals surface area contributed by atoms with Crippen molar-refractivity contribution in [3.8, 4) is 17.1 Å². The van der Waals surface area contributed by atoms with Crippen LogP contribution in [0.15, 0.2) is 72.8 Å². The van der Waals surface area contributed by atoms with E-state index in [9.17, 15) is 14.9 Å². The average molecular weight is 434 g/mol. The van der Waals surface area contributed by atoms with Crippen molar-refractivity contribution in [1.29, 1.82) is 0 Å². The summed E-state index contributed by atoms with van der Waals surface area (Å²) in [5, 5.41) is 18.5. The molecule has 0 saturated heterocycles. The maximum atomic E-state index is 12.8. The number of nitrogens with zero attached hydrogens (tertiary/aromatic N) is 4. The molecule has 154 valence electrons. The van der Waals surface area contributed by atoms with Crippen LogP contribution in [-0.4, -0.2) is 25.6 Å². The molecule has 1 aromatic heterocycles. The number of carbonyl (C=O) groups is 1. The topological polar surface area (TPSA) is 103 Å². The van der Waals surface area contributed by atoms with Crippen LogP contribution in [0.1, 0.15) is 16.2 Å². The van der Waals surface area contributed by atoms with E-state index in [0.29, 0.717) is 16.4 Å². The monoisotopic (exact) mass is 433 g/mol. The number of para-hydroxylation sites is 1. The van der Waals surface area contributed by atoms with Crippen molar-refractivity contribution < 1.29 is 9.72 Å². The van der Waals surface area contributed by atoms with Crippen molar-refractivity contribution in [1.82, 2.24) is 14.8 Å². The van der Waals surface area contributed by atoms with Crippen molar-refractivity contribution in [3.63, 3.8) is 0 Å². The van der Waals surface area contributed by atoms with Gasteiger partial charge < -0.3 is 5.32 Å². The van der Waals surface area contributed by atoms with Gasteiger partial charge in [0.05, 0.1) is 10.6 Å². The fourth-order valence-electron chi connectivity index (χ4n) is 3.08. The minimum Gasteiger partial charge on any atom is -0.319 e. The lowest BCUT2D eigenvalue weighted by molar-refractivity contribution is -0.384. The Hall–Kier alpha value is -4.04. The lowest BCUT2D eigenvalue weighted by atomic mass is 10.2. The molecule has 1 heterocycles. The minimum absolute atomic E-state index is 0.0789. The lowest BCUT2D eigenvalue weighted by Gasteiger charge is -2.08. The third-order valence-electron chi connectivity index (χ3n) is 4.55. The first kappa shape index (κ1) is 20.2. The first-order valence-corrected chi connectivity index (χ1v) is 9.65. The molecule has 0 aliphatic heterocycles. The van der Waals surface area contributed by atoms with Gasteiger partial charge in [0.25, 0.3) is 11.6 Å². The maximum absolute atomic E-state index is 12.8. The molecule has 0 atom stereocenters.